The minimum atomic E-state index is 0. The molecule has 0 aromatic heterocycles. The summed E-state index contributed by atoms with van der Waals surface area (Å²) in [5.74, 6) is 0. The molecule has 0 N–H and O–H groups in total. The van der Waals surface area contributed by atoms with Gasteiger partial charge in [0.25, 0.3) is 0 Å². The Morgan fingerprint density at radius 1 is 1.60 bits per heavy atom. The summed E-state index contributed by atoms with van der Waals surface area (Å²) in [5.41, 5.74) is 0. The predicted octanol–water partition coefficient (Wildman–Crippen LogP) is 1.02. The van der Waals surface area contributed by atoms with E-state index < -0.39 is 0 Å². The molecule has 10 heavy (non-hydrogen) atoms. The van der Waals surface area contributed by atoms with Crippen molar-refractivity contribution in [2.24, 2.45) is 0 Å². The molecule has 0 saturated carbocycles. The summed E-state index contributed by atoms with van der Waals surface area (Å²) in [4.78, 5) is 1.97. The Balaban J connectivity index is 0. The molecule has 0 unspecified atom stereocenters. The van der Waals surface area contributed by atoms with Crippen molar-refractivity contribution in [1.29, 1.82) is 0 Å². The maximum absolute atomic E-state index is 4.82. The molecule has 0 rings (SSSR count). The first-order valence-corrected chi connectivity index (χ1v) is 3.98. The number of hydrogen-bond acceptors (Lipinski definition) is 1. The number of nitrogens with zero attached hydrogens (tertiary/aromatic N) is 1. The molecular weight excluding hydrogens is 190 g/mol. The van der Waals surface area contributed by atoms with E-state index in [1.54, 1.807) is 0 Å². The molecular formula is C6H15CaNS2. The Labute approximate surface area is 104 Å². The van der Waals surface area contributed by atoms with Crippen LogP contribution in [-0.2, 0) is 0 Å². The van der Waals surface area contributed by atoms with Crippen molar-refractivity contribution < 1.29 is 0 Å². The van der Waals surface area contributed by atoms with Crippen LogP contribution < -0.4 is 0 Å². The molecule has 0 aliphatic carbocycles. The normalized spacial score (nSPS) is 8.30. The zero-order chi connectivity index (χ0) is 7.28. The molecule has 0 spiro atoms. The van der Waals surface area contributed by atoms with E-state index in [-0.39, 0.29) is 37.7 Å². The summed E-state index contributed by atoms with van der Waals surface area (Å²) in [7, 11) is 1.96. The Morgan fingerprint density at radius 3 is 2.40 bits per heavy atom. The van der Waals surface area contributed by atoms with E-state index in [1.165, 1.54) is 12.8 Å². The number of hydrogen-bond donors (Lipinski definition) is 1. The molecule has 0 aromatic rings. The predicted molar refractivity (Wildman–Crippen MR) is 57.7 cm³/mol. The second-order valence-corrected chi connectivity index (χ2v) is 3.17. The second-order valence-electron chi connectivity index (χ2n) is 2.06. The van der Waals surface area contributed by atoms with Crippen LogP contribution in [0.3, 0.4) is 0 Å². The van der Waals surface area contributed by atoms with Crippen LogP contribution in [0.2, 0.25) is 0 Å². The van der Waals surface area contributed by atoms with E-state index in [2.05, 4.69) is 19.6 Å². The van der Waals surface area contributed by atoms with Gasteiger partial charge in [-0.3, -0.25) is 0 Å². The van der Waals surface area contributed by atoms with E-state index in [0.29, 0.717) is 4.32 Å². The fourth-order valence-electron chi connectivity index (χ4n) is 0.491. The van der Waals surface area contributed by atoms with E-state index in [9.17, 15) is 0 Å². The van der Waals surface area contributed by atoms with Crippen molar-refractivity contribution in [2.45, 2.75) is 19.8 Å². The first-order chi connectivity index (χ1) is 4.18. The first-order valence-electron chi connectivity index (χ1n) is 3.12. The Morgan fingerprint density at radius 2 is 2.10 bits per heavy atom. The van der Waals surface area contributed by atoms with Gasteiger partial charge in [0.05, 0.1) is 0 Å². The first kappa shape index (κ1) is 14.0. The van der Waals surface area contributed by atoms with Crippen LogP contribution in [0.1, 0.15) is 19.8 Å². The number of thiol groups is 1. The fraction of sp³-hybridized carbons (Fsp3) is 0.833. The molecule has 0 heterocycles. The molecule has 0 bridgehead atoms. The fourth-order valence-corrected chi connectivity index (χ4v) is 0.682. The number of rotatable bonds is 3. The third kappa shape index (κ3) is 7.61. The van der Waals surface area contributed by atoms with Gasteiger partial charge in [0.1, 0.15) is 4.32 Å². The summed E-state index contributed by atoms with van der Waals surface area (Å²) in [6.07, 6.45) is 2.40. The van der Waals surface area contributed by atoms with Crippen molar-refractivity contribution >= 4 is 66.9 Å². The van der Waals surface area contributed by atoms with Gasteiger partial charge >= 0.3 is 37.7 Å². The van der Waals surface area contributed by atoms with Gasteiger partial charge in [-0.2, -0.15) is 0 Å². The number of thiocarbonyl (C=S) groups is 1. The van der Waals surface area contributed by atoms with Gasteiger partial charge in [-0.05, 0) is 6.42 Å². The molecule has 58 valence electrons. The van der Waals surface area contributed by atoms with Gasteiger partial charge in [-0.1, -0.05) is 25.6 Å². The van der Waals surface area contributed by atoms with Crippen LogP contribution >= 0.6 is 24.8 Å². The minimum absolute atomic E-state index is 0. The third-order valence-corrected chi connectivity index (χ3v) is 1.83. The zero-order valence-corrected chi connectivity index (χ0v) is 7.63. The molecule has 0 amide bonds. The van der Waals surface area contributed by atoms with Crippen LogP contribution in [-0.4, -0.2) is 60.6 Å². The molecule has 0 fully saturated rings. The topological polar surface area (TPSA) is 3.24 Å². The summed E-state index contributed by atoms with van der Waals surface area (Å²) in [6.45, 7) is 3.19. The summed E-state index contributed by atoms with van der Waals surface area (Å²) < 4.78 is 0.684. The Hall–Kier alpha value is 1.50. The van der Waals surface area contributed by atoms with Crippen LogP contribution in [0.4, 0.5) is 0 Å². The van der Waals surface area contributed by atoms with Crippen LogP contribution in [0, 0.1) is 0 Å². The standard InChI is InChI=1S/C6H13NS2.Ca.2H/c1-3-4-5-7(2)6(8)9;;;/h3-5H2,1-2H3,(H,8,9);;;. The molecule has 1 nitrogen and oxygen atoms in total. The molecule has 0 radical (unpaired) electrons. The zero-order valence-electron chi connectivity index (χ0n) is 5.92. The molecule has 0 aliphatic heterocycles. The van der Waals surface area contributed by atoms with Crippen molar-refractivity contribution in [1.82, 2.24) is 4.90 Å². The SMILES string of the molecule is CCCCN(C)C(=S)S.[CaH2]. The van der Waals surface area contributed by atoms with Crippen molar-refractivity contribution in [3.8, 4) is 0 Å². The maximum atomic E-state index is 4.82. The van der Waals surface area contributed by atoms with Crippen LogP contribution in [0.15, 0.2) is 0 Å². The summed E-state index contributed by atoms with van der Waals surface area (Å²) in [5, 5.41) is 0. The summed E-state index contributed by atoms with van der Waals surface area (Å²) in [6, 6.07) is 0. The molecule has 0 atom stereocenters. The quantitative estimate of drug-likeness (QED) is 0.416. The third-order valence-electron chi connectivity index (χ3n) is 1.17. The van der Waals surface area contributed by atoms with E-state index in [4.69, 9.17) is 12.2 Å². The van der Waals surface area contributed by atoms with Gasteiger partial charge in [-0.25, -0.2) is 0 Å². The molecule has 0 saturated heterocycles. The molecule has 0 aromatic carbocycles. The van der Waals surface area contributed by atoms with E-state index in [0.717, 1.165) is 6.54 Å². The Kier molecular flexibility index (Phi) is 12.1. The van der Waals surface area contributed by atoms with Crippen molar-refractivity contribution in [3.63, 3.8) is 0 Å². The second kappa shape index (κ2) is 8.59. The summed E-state index contributed by atoms with van der Waals surface area (Å²) >= 11 is 8.84. The van der Waals surface area contributed by atoms with Crippen LogP contribution in [0.25, 0.3) is 0 Å². The van der Waals surface area contributed by atoms with Crippen molar-refractivity contribution in [2.75, 3.05) is 13.6 Å². The average Bonchev–Trinajstić information content (AvgIpc) is 1.82. The number of unbranched alkanes of at least 4 members (excludes halogenated alkanes) is 1. The van der Waals surface area contributed by atoms with Crippen molar-refractivity contribution in [3.05, 3.63) is 0 Å². The van der Waals surface area contributed by atoms with E-state index >= 15 is 0 Å². The van der Waals surface area contributed by atoms with Crippen LogP contribution in [0.5, 0.6) is 0 Å². The monoisotopic (exact) mass is 205 g/mol. The Bertz CT molecular complexity index is 97.7. The average molecular weight is 205 g/mol. The van der Waals surface area contributed by atoms with Gasteiger partial charge in [-0.15, -0.1) is 12.6 Å². The molecule has 4 heteroatoms. The van der Waals surface area contributed by atoms with Gasteiger partial charge in [0.2, 0.25) is 0 Å². The molecule has 0 aliphatic rings. The van der Waals surface area contributed by atoms with Gasteiger partial charge < -0.3 is 4.90 Å². The van der Waals surface area contributed by atoms with E-state index in [1.807, 2.05) is 11.9 Å². The van der Waals surface area contributed by atoms with Gasteiger partial charge in [0.15, 0.2) is 0 Å². The van der Waals surface area contributed by atoms with Gasteiger partial charge in [0, 0.05) is 13.6 Å².